The molecular weight excluding hydrogens is 262 g/mol. The normalized spacial score (nSPS) is 10.8. The molecule has 0 saturated carbocycles. The summed E-state index contributed by atoms with van der Waals surface area (Å²) < 4.78 is 0. The molecule has 0 aliphatic heterocycles. The maximum absolute atomic E-state index is 11.1. The van der Waals surface area contributed by atoms with Crippen LogP contribution in [0.5, 0.6) is 0 Å². The zero-order valence-corrected chi connectivity index (χ0v) is 10.9. The van der Waals surface area contributed by atoms with E-state index in [9.17, 15) is 4.79 Å². The monoisotopic (exact) mass is 271 g/mol. The second kappa shape index (κ2) is 4.48. The molecule has 94 valence electrons. The molecule has 3 rings (SSSR count). The summed E-state index contributed by atoms with van der Waals surface area (Å²) in [6, 6.07) is 7.40. The Balaban J connectivity index is 2.29. The van der Waals surface area contributed by atoms with Gasteiger partial charge in [-0.05, 0) is 23.6 Å². The minimum Gasteiger partial charge on any atom is -0.311 e. The number of halogens is 1. The van der Waals surface area contributed by atoms with Gasteiger partial charge in [0.15, 0.2) is 0 Å². The third kappa shape index (κ3) is 2.22. The molecule has 0 aliphatic rings. The predicted octanol–water partition coefficient (Wildman–Crippen LogP) is 3.39. The number of benzene rings is 1. The van der Waals surface area contributed by atoms with Crippen LogP contribution in [0.3, 0.4) is 0 Å². The minimum atomic E-state index is -0.145. The van der Waals surface area contributed by atoms with Crippen LogP contribution in [0.2, 0.25) is 5.02 Å². The number of carbonyl (C=O) groups is 1. The fourth-order valence-electron chi connectivity index (χ4n) is 2.03. The topological polar surface area (TPSA) is 54.9 Å². The van der Waals surface area contributed by atoms with E-state index in [1.807, 2.05) is 24.3 Å². The van der Waals surface area contributed by atoms with Crippen LogP contribution in [0, 0.1) is 0 Å². The summed E-state index contributed by atoms with van der Waals surface area (Å²) in [4.78, 5) is 19.6. The lowest BCUT2D eigenvalue weighted by Crippen LogP contribution is -2.07. The Morgan fingerprint density at radius 3 is 2.74 bits per heavy atom. The van der Waals surface area contributed by atoms with Crippen LogP contribution in [0.15, 0.2) is 36.7 Å². The van der Waals surface area contributed by atoms with Crippen LogP contribution in [0.1, 0.15) is 6.92 Å². The first-order chi connectivity index (χ1) is 9.13. The van der Waals surface area contributed by atoms with Crippen LogP contribution < -0.4 is 5.32 Å². The van der Waals surface area contributed by atoms with Crippen molar-refractivity contribution in [2.24, 2.45) is 0 Å². The molecule has 4 nitrogen and oxygen atoms in total. The molecule has 2 heterocycles. The van der Waals surface area contributed by atoms with Crippen LogP contribution in [0.25, 0.3) is 21.7 Å². The number of pyridine rings is 2. The van der Waals surface area contributed by atoms with E-state index in [4.69, 9.17) is 11.6 Å². The SMILES string of the molecule is CC(=O)Nc1cc2c(cn1)cnc1cc(Cl)ccc12. The van der Waals surface area contributed by atoms with Gasteiger partial charge in [-0.1, -0.05) is 17.7 Å². The number of fused-ring (bicyclic) bond motifs is 3. The highest BCUT2D eigenvalue weighted by Crippen LogP contribution is 2.26. The number of hydrogen-bond acceptors (Lipinski definition) is 3. The molecule has 1 aromatic carbocycles. The molecule has 0 saturated heterocycles. The van der Waals surface area contributed by atoms with Gasteiger partial charge < -0.3 is 5.32 Å². The second-order valence-corrected chi connectivity index (χ2v) is 4.69. The van der Waals surface area contributed by atoms with Crippen molar-refractivity contribution in [1.82, 2.24) is 9.97 Å². The summed E-state index contributed by atoms with van der Waals surface area (Å²) in [7, 11) is 0. The number of aromatic nitrogens is 2. The summed E-state index contributed by atoms with van der Waals surface area (Å²) in [5.74, 6) is 0.385. The van der Waals surface area contributed by atoms with E-state index in [0.29, 0.717) is 10.8 Å². The van der Waals surface area contributed by atoms with Crippen molar-refractivity contribution in [1.29, 1.82) is 0 Å². The number of nitrogens with zero attached hydrogens (tertiary/aromatic N) is 2. The van der Waals surface area contributed by atoms with Crippen molar-refractivity contribution in [3.05, 3.63) is 41.7 Å². The van der Waals surface area contributed by atoms with Crippen molar-refractivity contribution in [3.8, 4) is 0 Å². The summed E-state index contributed by atoms with van der Waals surface area (Å²) in [5, 5.41) is 6.21. The van der Waals surface area contributed by atoms with Crippen molar-refractivity contribution in [3.63, 3.8) is 0 Å². The molecule has 5 heteroatoms. The molecule has 0 fully saturated rings. The average molecular weight is 272 g/mol. The Labute approximate surface area is 114 Å². The molecule has 1 amide bonds. The van der Waals surface area contributed by atoms with E-state index >= 15 is 0 Å². The van der Waals surface area contributed by atoms with Gasteiger partial charge in [0.05, 0.1) is 5.52 Å². The second-order valence-electron chi connectivity index (χ2n) is 4.26. The van der Waals surface area contributed by atoms with Crippen LogP contribution in [-0.4, -0.2) is 15.9 Å². The van der Waals surface area contributed by atoms with E-state index in [1.165, 1.54) is 6.92 Å². The van der Waals surface area contributed by atoms with Gasteiger partial charge >= 0.3 is 0 Å². The molecule has 0 bridgehead atoms. The first-order valence-corrected chi connectivity index (χ1v) is 6.13. The van der Waals surface area contributed by atoms with Crippen molar-refractivity contribution >= 4 is 45.0 Å². The van der Waals surface area contributed by atoms with Gasteiger partial charge in [0.25, 0.3) is 0 Å². The summed E-state index contributed by atoms with van der Waals surface area (Å²) >= 11 is 5.96. The van der Waals surface area contributed by atoms with Gasteiger partial charge in [-0.25, -0.2) is 4.98 Å². The quantitative estimate of drug-likeness (QED) is 0.690. The fourth-order valence-corrected chi connectivity index (χ4v) is 2.20. The van der Waals surface area contributed by atoms with Crippen LogP contribution in [-0.2, 0) is 4.79 Å². The minimum absolute atomic E-state index is 0.145. The summed E-state index contributed by atoms with van der Waals surface area (Å²) in [6.45, 7) is 1.45. The fraction of sp³-hybridized carbons (Fsp3) is 0.0714. The molecule has 0 unspecified atom stereocenters. The smallest absolute Gasteiger partial charge is 0.222 e. The molecule has 19 heavy (non-hydrogen) atoms. The van der Waals surface area contributed by atoms with Crippen LogP contribution >= 0.6 is 11.6 Å². The molecule has 0 atom stereocenters. The van der Waals surface area contributed by atoms with Gasteiger partial charge in [-0.3, -0.25) is 9.78 Å². The van der Waals surface area contributed by atoms with Gasteiger partial charge in [-0.15, -0.1) is 0 Å². The highest BCUT2D eigenvalue weighted by Gasteiger charge is 2.05. The zero-order chi connectivity index (χ0) is 13.4. The van der Waals surface area contributed by atoms with Crippen LogP contribution in [0.4, 0.5) is 5.82 Å². The predicted molar refractivity (Wildman–Crippen MR) is 76.4 cm³/mol. The molecule has 3 aromatic rings. The summed E-state index contributed by atoms with van der Waals surface area (Å²) in [5.41, 5.74) is 0.819. The Kier molecular flexibility index (Phi) is 2.80. The van der Waals surface area contributed by atoms with Crippen molar-refractivity contribution in [2.45, 2.75) is 6.92 Å². The third-order valence-electron chi connectivity index (χ3n) is 2.83. The largest absolute Gasteiger partial charge is 0.311 e. The lowest BCUT2D eigenvalue weighted by molar-refractivity contribution is -0.114. The lowest BCUT2D eigenvalue weighted by atomic mass is 10.1. The summed E-state index contributed by atoms with van der Waals surface area (Å²) in [6.07, 6.45) is 3.44. The average Bonchev–Trinajstić information content (AvgIpc) is 2.37. The van der Waals surface area contributed by atoms with E-state index in [-0.39, 0.29) is 5.91 Å². The third-order valence-corrected chi connectivity index (χ3v) is 3.07. The Bertz CT molecular complexity index is 801. The number of hydrogen-bond donors (Lipinski definition) is 1. The first kappa shape index (κ1) is 11.9. The van der Waals surface area contributed by atoms with Gasteiger partial charge in [0, 0.05) is 35.1 Å². The molecule has 1 N–H and O–H groups in total. The number of amides is 1. The Morgan fingerprint density at radius 1 is 1.16 bits per heavy atom. The highest BCUT2D eigenvalue weighted by atomic mass is 35.5. The van der Waals surface area contributed by atoms with Crippen molar-refractivity contribution < 1.29 is 4.79 Å². The molecular formula is C14H10ClN3O. The van der Waals surface area contributed by atoms with E-state index in [0.717, 1.165) is 21.7 Å². The van der Waals surface area contributed by atoms with Gasteiger partial charge in [0.2, 0.25) is 5.91 Å². The van der Waals surface area contributed by atoms with Crippen molar-refractivity contribution in [2.75, 3.05) is 5.32 Å². The van der Waals surface area contributed by atoms with Gasteiger partial charge in [-0.2, -0.15) is 0 Å². The Morgan fingerprint density at radius 2 is 1.95 bits per heavy atom. The number of anilines is 1. The number of rotatable bonds is 1. The zero-order valence-electron chi connectivity index (χ0n) is 10.1. The van der Waals surface area contributed by atoms with Gasteiger partial charge in [0.1, 0.15) is 5.82 Å². The lowest BCUT2D eigenvalue weighted by Gasteiger charge is -2.06. The van der Waals surface area contributed by atoms with E-state index in [1.54, 1.807) is 12.4 Å². The van der Waals surface area contributed by atoms with E-state index < -0.39 is 0 Å². The van der Waals surface area contributed by atoms with E-state index in [2.05, 4.69) is 15.3 Å². The molecule has 2 aromatic heterocycles. The molecule has 0 aliphatic carbocycles. The first-order valence-electron chi connectivity index (χ1n) is 5.75. The standard InChI is InChI=1S/C14H10ClN3O/c1-8(19)18-14-5-12-9(7-17-14)6-16-13-4-10(15)2-3-11(12)13/h2-7H,1H3,(H,17,18,19). The maximum Gasteiger partial charge on any atom is 0.222 e. The highest BCUT2D eigenvalue weighted by molar-refractivity contribution is 6.31. The molecule has 0 radical (unpaired) electrons. The Hall–Kier alpha value is -2.20. The number of carbonyl (C=O) groups excluding carboxylic acids is 1. The number of nitrogens with one attached hydrogen (secondary N) is 1. The maximum atomic E-state index is 11.1. The molecule has 0 spiro atoms.